The fourth-order valence-corrected chi connectivity index (χ4v) is 1.94. The van der Waals surface area contributed by atoms with Gasteiger partial charge in [-0.05, 0) is 31.0 Å². The Morgan fingerprint density at radius 1 is 1.05 bits per heavy atom. The molecule has 1 aromatic heterocycles. The second-order valence-electron chi connectivity index (χ2n) is 4.64. The van der Waals surface area contributed by atoms with E-state index in [-0.39, 0.29) is 11.9 Å². The Morgan fingerprint density at radius 2 is 1.75 bits per heavy atom. The molecule has 0 aliphatic heterocycles. The minimum Gasteiger partial charge on any atom is -0.367 e. The number of alkyl halides is 3. The number of benzene rings is 1. The number of halogens is 3. The van der Waals surface area contributed by atoms with Gasteiger partial charge in [0.05, 0.1) is 0 Å². The molecule has 0 fully saturated rings. The predicted octanol–water partition coefficient (Wildman–Crippen LogP) is 4.14. The Labute approximate surface area is 115 Å². The Morgan fingerprint density at radius 3 is 2.40 bits per heavy atom. The van der Waals surface area contributed by atoms with Crippen LogP contribution in [-0.2, 0) is 12.6 Å². The molecule has 106 valence electrons. The molecule has 0 aliphatic carbocycles. The standard InChI is InChI=1S/C15H15F3N2/c1-11(10-12-6-3-2-4-7-12)19-14-9-5-8-13(20-14)15(16,17)18/h2-9,11H,10H2,1H3,(H,19,20). The van der Waals surface area contributed by atoms with Crippen molar-refractivity contribution in [2.45, 2.75) is 25.6 Å². The molecular weight excluding hydrogens is 265 g/mol. The fourth-order valence-electron chi connectivity index (χ4n) is 1.94. The summed E-state index contributed by atoms with van der Waals surface area (Å²) in [5.41, 5.74) is 0.244. The van der Waals surface area contributed by atoms with Crippen molar-refractivity contribution >= 4 is 5.82 Å². The molecule has 5 heteroatoms. The highest BCUT2D eigenvalue weighted by Crippen LogP contribution is 2.28. The zero-order valence-electron chi connectivity index (χ0n) is 11.0. The quantitative estimate of drug-likeness (QED) is 0.910. The lowest BCUT2D eigenvalue weighted by Gasteiger charge is -2.15. The molecule has 1 unspecified atom stereocenters. The number of nitrogens with one attached hydrogen (secondary N) is 1. The second kappa shape index (κ2) is 5.94. The van der Waals surface area contributed by atoms with E-state index < -0.39 is 11.9 Å². The minimum absolute atomic E-state index is 0.00613. The summed E-state index contributed by atoms with van der Waals surface area (Å²) in [6, 6.07) is 13.6. The summed E-state index contributed by atoms with van der Waals surface area (Å²) in [7, 11) is 0. The molecular formula is C15H15F3N2. The van der Waals surface area contributed by atoms with Gasteiger partial charge in [-0.2, -0.15) is 13.2 Å². The van der Waals surface area contributed by atoms with E-state index >= 15 is 0 Å². The van der Waals surface area contributed by atoms with Gasteiger partial charge in [0.15, 0.2) is 0 Å². The van der Waals surface area contributed by atoms with Gasteiger partial charge in [-0.3, -0.25) is 0 Å². The van der Waals surface area contributed by atoms with Crippen LogP contribution in [0, 0.1) is 0 Å². The van der Waals surface area contributed by atoms with E-state index in [1.807, 2.05) is 37.3 Å². The molecule has 0 aliphatic rings. The van der Waals surface area contributed by atoms with E-state index in [2.05, 4.69) is 10.3 Å². The van der Waals surface area contributed by atoms with Crippen molar-refractivity contribution in [3.8, 4) is 0 Å². The zero-order valence-corrected chi connectivity index (χ0v) is 11.0. The molecule has 2 rings (SSSR count). The number of pyridine rings is 1. The topological polar surface area (TPSA) is 24.9 Å². The summed E-state index contributed by atoms with van der Waals surface area (Å²) in [5.74, 6) is 0.239. The van der Waals surface area contributed by atoms with Crippen molar-refractivity contribution in [2.75, 3.05) is 5.32 Å². The van der Waals surface area contributed by atoms with E-state index in [0.717, 1.165) is 18.1 Å². The van der Waals surface area contributed by atoms with Crippen LogP contribution in [0.5, 0.6) is 0 Å². The van der Waals surface area contributed by atoms with Crippen LogP contribution in [0.3, 0.4) is 0 Å². The van der Waals surface area contributed by atoms with Gasteiger partial charge in [-0.25, -0.2) is 4.98 Å². The van der Waals surface area contributed by atoms with Gasteiger partial charge in [-0.1, -0.05) is 36.4 Å². The molecule has 2 nitrogen and oxygen atoms in total. The third-order valence-corrected chi connectivity index (χ3v) is 2.82. The third-order valence-electron chi connectivity index (χ3n) is 2.82. The third kappa shape index (κ3) is 3.98. The van der Waals surface area contributed by atoms with Crippen LogP contribution in [-0.4, -0.2) is 11.0 Å². The average molecular weight is 280 g/mol. The fraction of sp³-hybridized carbons (Fsp3) is 0.267. The maximum atomic E-state index is 12.6. The molecule has 1 heterocycles. The van der Waals surface area contributed by atoms with Crippen molar-refractivity contribution in [3.63, 3.8) is 0 Å². The first-order valence-corrected chi connectivity index (χ1v) is 6.30. The summed E-state index contributed by atoms with van der Waals surface area (Å²) in [4.78, 5) is 3.59. The Hall–Kier alpha value is -2.04. The van der Waals surface area contributed by atoms with Crippen LogP contribution in [0.25, 0.3) is 0 Å². The van der Waals surface area contributed by atoms with Gasteiger partial charge >= 0.3 is 6.18 Å². The summed E-state index contributed by atoms with van der Waals surface area (Å²) in [6.45, 7) is 1.91. The van der Waals surface area contributed by atoms with Crippen LogP contribution in [0.15, 0.2) is 48.5 Å². The average Bonchev–Trinajstić information content (AvgIpc) is 2.39. The maximum Gasteiger partial charge on any atom is 0.433 e. The lowest BCUT2D eigenvalue weighted by atomic mass is 10.1. The number of nitrogens with zero attached hydrogens (tertiary/aromatic N) is 1. The largest absolute Gasteiger partial charge is 0.433 e. The number of aromatic nitrogens is 1. The Bertz CT molecular complexity index is 553. The van der Waals surface area contributed by atoms with Crippen LogP contribution < -0.4 is 5.32 Å². The monoisotopic (exact) mass is 280 g/mol. The van der Waals surface area contributed by atoms with Crippen molar-refractivity contribution in [2.24, 2.45) is 0 Å². The van der Waals surface area contributed by atoms with E-state index in [0.29, 0.717) is 0 Å². The first-order valence-electron chi connectivity index (χ1n) is 6.30. The number of hydrogen-bond donors (Lipinski definition) is 1. The smallest absolute Gasteiger partial charge is 0.367 e. The Kier molecular flexibility index (Phi) is 4.27. The van der Waals surface area contributed by atoms with Crippen molar-refractivity contribution in [1.82, 2.24) is 4.98 Å². The van der Waals surface area contributed by atoms with Gasteiger partial charge in [-0.15, -0.1) is 0 Å². The van der Waals surface area contributed by atoms with Crippen LogP contribution in [0.4, 0.5) is 19.0 Å². The van der Waals surface area contributed by atoms with Crippen molar-refractivity contribution < 1.29 is 13.2 Å². The summed E-state index contributed by atoms with van der Waals surface area (Å²) in [5, 5.41) is 2.99. The van der Waals surface area contributed by atoms with E-state index in [1.54, 1.807) is 0 Å². The minimum atomic E-state index is -4.42. The molecule has 0 spiro atoms. The molecule has 0 radical (unpaired) electrons. The SMILES string of the molecule is CC(Cc1ccccc1)Nc1cccc(C(F)(F)F)n1. The van der Waals surface area contributed by atoms with Crippen LogP contribution in [0.2, 0.25) is 0 Å². The normalized spacial score (nSPS) is 13.0. The van der Waals surface area contributed by atoms with E-state index in [1.165, 1.54) is 12.1 Å². The summed E-state index contributed by atoms with van der Waals surface area (Å²) < 4.78 is 37.7. The molecule has 0 saturated carbocycles. The Balaban J connectivity index is 2.03. The van der Waals surface area contributed by atoms with Gasteiger partial charge in [0, 0.05) is 6.04 Å². The molecule has 20 heavy (non-hydrogen) atoms. The van der Waals surface area contributed by atoms with Crippen LogP contribution in [0.1, 0.15) is 18.2 Å². The molecule has 0 amide bonds. The second-order valence-corrected chi connectivity index (χ2v) is 4.64. The highest BCUT2D eigenvalue weighted by Gasteiger charge is 2.32. The number of rotatable bonds is 4. The molecule has 0 bridgehead atoms. The summed E-state index contributed by atoms with van der Waals surface area (Å²) >= 11 is 0. The highest BCUT2D eigenvalue weighted by molar-refractivity contribution is 5.37. The first-order chi connectivity index (χ1) is 9.45. The van der Waals surface area contributed by atoms with Gasteiger partial charge in [0.1, 0.15) is 11.5 Å². The zero-order chi connectivity index (χ0) is 14.6. The van der Waals surface area contributed by atoms with Gasteiger partial charge < -0.3 is 5.32 Å². The molecule has 0 saturated heterocycles. The molecule has 1 N–H and O–H groups in total. The first kappa shape index (κ1) is 14.4. The summed E-state index contributed by atoms with van der Waals surface area (Å²) in [6.07, 6.45) is -3.70. The number of hydrogen-bond acceptors (Lipinski definition) is 2. The molecule has 1 aromatic carbocycles. The van der Waals surface area contributed by atoms with Crippen molar-refractivity contribution in [3.05, 3.63) is 59.8 Å². The molecule has 1 atom stereocenters. The molecule has 2 aromatic rings. The highest BCUT2D eigenvalue weighted by atomic mass is 19.4. The maximum absolute atomic E-state index is 12.6. The predicted molar refractivity (Wildman–Crippen MR) is 72.5 cm³/mol. The lowest BCUT2D eigenvalue weighted by molar-refractivity contribution is -0.141. The lowest BCUT2D eigenvalue weighted by Crippen LogP contribution is -2.20. The number of anilines is 1. The van der Waals surface area contributed by atoms with E-state index in [9.17, 15) is 13.2 Å². The van der Waals surface area contributed by atoms with Crippen LogP contribution >= 0.6 is 0 Å². The van der Waals surface area contributed by atoms with Crippen molar-refractivity contribution in [1.29, 1.82) is 0 Å². The van der Waals surface area contributed by atoms with Gasteiger partial charge in [0.25, 0.3) is 0 Å². The van der Waals surface area contributed by atoms with Gasteiger partial charge in [0.2, 0.25) is 0 Å². The van der Waals surface area contributed by atoms with E-state index in [4.69, 9.17) is 0 Å².